The number of para-hydroxylation sites is 2. The van der Waals surface area contributed by atoms with Crippen LogP contribution >= 0.6 is 0 Å². The average Bonchev–Trinajstić information content (AvgIpc) is 3.24. The Morgan fingerprint density at radius 1 is 0.646 bits per heavy atom. The standard InChI is InChI=1S/C61H69N7O11/c1-38(2)31-48(56(73)77-36-41-23-13-9-14-24-41)63-52(69)39(3)62-53(70)47(66-58(74)79-60(4,5)6)33-43-35-67(50-30-20-17-27-44(43)50)61-34-51(54(71)64-49(55(72)76-7)32-40-21-11-8-12-22-40)68(57(61)65-46-29-19-18-28-45(46)61)59(75)78-37-42-25-15-10-16-26-42/h8-30,35,38-39,47-49,51,57,65H,31-34,36-37H2,1-7H3,(H,62,70)(H,63,69)(H,64,71)(H,66,74)/t39-,47-,48-,49-,51-,57-,61?/m0/s1. The lowest BCUT2D eigenvalue weighted by atomic mass is 9.86. The molecule has 79 heavy (non-hydrogen) atoms. The number of aromatic nitrogens is 1. The third kappa shape index (κ3) is 13.4. The Balaban J connectivity index is 1.14. The summed E-state index contributed by atoms with van der Waals surface area (Å²) >= 11 is 0. The molecule has 0 aliphatic carbocycles. The lowest BCUT2D eigenvalue weighted by molar-refractivity contribution is -0.149. The molecule has 0 saturated carbocycles. The number of hydrogen-bond acceptors (Lipinski definition) is 12. The number of likely N-dealkylation sites (tertiary alicyclic amines) is 1. The monoisotopic (exact) mass is 1080 g/mol. The summed E-state index contributed by atoms with van der Waals surface area (Å²) in [7, 11) is 1.25. The summed E-state index contributed by atoms with van der Waals surface area (Å²) in [6.45, 7) is 10.3. The first-order chi connectivity index (χ1) is 37.8. The maximum Gasteiger partial charge on any atom is 0.412 e. The molecule has 1 unspecified atom stereocenters. The second kappa shape index (κ2) is 24.8. The zero-order chi connectivity index (χ0) is 56.4. The number of nitrogens with one attached hydrogen (secondary N) is 5. The van der Waals surface area contributed by atoms with Gasteiger partial charge in [0.25, 0.3) is 0 Å². The Kier molecular flexibility index (Phi) is 17.7. The number of ether oxygens (including phenoxy) is 4. The highest BCUT2D eigenvalue weighted by Crippen LogP contribution is 2.53. The van der Waals surface area contributed by atoms with Crippen molar-refractivity contribution >= 4 is 58.4 Å². The van der Waals surface area contributed by atoms with Crippen LogP contribution in [0.5, 0.6) is 0 Å². The van der Waals surface area contributed by atoms with Crippen molar-refractivity contribution < 1.29 is 52.5 Å². The van der Waals surface area contributed by atoms with Crippen molar-refractivity contribution in [2.24, 2.45) is 5.92 Å². The van der Waals surface area contributed by atoms with Gasteiger partial charge in [-0.15, -0.1) is 0 Å². The molecule has 5 N–H and O–H groups in total. The molecule has 2 aliphatic heterocycles. The summed E-state index contributed by atoms with van der Waals surface area (Å²) in [5, 5.41) is 15.4. The summed E-state index contributed by atoms with van der Waals surface area (Å²) < 4.78 is 24.5. The predicted molar refractivity (Wildman–Crippen MR) is 296 cm³/mol. The van der Waals surface area contributed by atoms with Gasteiger partial charge in [0.05, 0.1) is 7.11 Å². The minimum atomic E-state index is -1.33. The highest BCUT2D eigenvalue weighted by molar-refractivity contribution is 5.95. The SMILES string of the molecule is COC(=O)[C@H](Cc1ccccc1)NC(=O)[C@@H]1CC2(n3cc(C[C@H](NC(=O)OC(C)(C)C)C(=O)N[C@@H](C)C(=O)N[C@@H](CC(C)C)C(=O)OCc4ccccc4)c4ccccc43)c3ccccc3N[C@H]2N1C(=O)OCc1ccccc1. The van der Waals surface area contributed by atoms with E-state index in [9.17, 15) is 28.8 Å². The number of carbonyl (C=O) groups is 7. The van der Waals surface area contributed by atoms with Crippen LogP contribution in [0.15, 0.2) is 146 Å². The van der Waals surface area contributed by atoms with Gasteiger partial charge in [0.15, 0.2) is 0 Å². The molecule has 7 atom stereocenters. The van der Waals surface area contributed by atoms with E-state index in [0.29, 0.717) is 22.2 Å². The Bertz CT molecular complexity index is 3140. The Labute approximate surface area is 459 Å². The molecule has 1 fully saturated rings. The molecule has 18 heteroatoms. The molecule has 8 rings (SSSR count). The number of rotatable bonds is 20. The molecule has 5 amide bonds. The lowest BCUT2D eigenvalue weighted by Crippen LogP contribution is -2.55. The minimum Gasteiger partial charge on any atom is -0.467 e. The van der Waals surface area contributed by atoms with Crippen LogP contribution in [0.2, 0.25) is 0 Å². The molecule has 18 nitrogen and oxygen atoms in total. The molecule has 1 aromatic heterocycles. The predicted octanol–water partition coefficient (Wildman–Crippen LogP) is 7.66. The summed E-state index contributed by atoms with van der Waals surface area (Å²) in [5.74, 6) is -3.28. The maximum absolute atomic E-state index is 15.1. The van der Waals surface area contributed by atoms with E-state index < -0.39 is 89.4 Å². The van der Waals surface area contributed by atoms with Gasteiger partial charge in [0.2, 0.25) is 17.7 Å². The summed E-state index contributed by atoms with van der Waals surface area (Å²) in [4.78, 5) is 100. The van der Waals surface area contributed by atoms with Crippen LogP contribution < -0.4 is 26.6 Å². The lowest BCUT2D eigenvalue weighted by Gasteiger charge is -2.34. The van der Waals surface area contributed by atoms with Gasteiger partial charge in [-0.2, -0.15) is 0 Å². The number of amides is 5. The van der Waals surface area contributed by atoms with Crippen LogP contribution in [0.4, 0.5) is 15.3 Å². The van der Waals surface area contributed by atoms with Gasteiger partial charge in [-0.05, 0) is 74.4 Å². The fourth-order valence-electron chi connectivity index (χ4n) is 10.4. The normalized spacial score (nSPS) is 17.9. The number of benzene rings is 5. The largest absolute Gasteiger partial charge is 0.467 e. The van der Waals surface area contributed by atoms with Crippen LogP contribution in [-0.4, -0.2) is 100 Å². The van der Waals surface area contributed by atoms with Gasteiger partial charge in [-0.25, -0.2) is 19.2 Å². The molecule has 414 valence electrons. The fourth-order valence-corrected chi connectivity index (χ4v) is 10.4. The van der Waals surface area contributed by atoms with E-state index in [0.717, 1.165) is 22.3 Å². The molecule has 0 radical (unpaired) electrons. The van der Waals surface area contributed by atoms with Crippen LogP contribution in [0, 0.1) is 5.92 Å². The van der Waals surface area contributed by atoms with Gasteiger partial charge in [0, 0.05) is 47.6 Å². The maximum atomic E-state index is 15.1. The second-order valence-corrected chi connectivity index (χ2v) is 21.4. The van der Waals surface area contributed by atoms with Crippen molar-refractivity contribution in [1.82, 2.24) is 30.7 Å². The van der Waals surface area contributed by atoms with Gasteiger partial charge >= 0.3 is 24.1 Å². The van der Waals surface area contributed by atoms with Crippen molar-refractivity contribution in [2.75, 3.05) is 12.4 Å². The van der Waals surface area contributed by atoms with E-state index >= 15 is 4.79 Å². The molecule has 6 aromatic rings. The van der Waals surface area contributed by atoms with Crippen LogP contribution in [0.1, 0.15) is 82.2 Å². The number of alkyl carbamates (subject to hydrolysis) is 1. The van der Waals surface area contributed by atoms with Crippen molar-refractivity contribution in [3.8, 4) is 0 Å². The van der Waals surface area contributed by atoms with E-state index in [4.69, 9.17) is 18.9 Å². The third-order valence-corrected chi connectivity index (χ3v) is 14.0. The van der Waals surface area contributed by atoms with E-state index in [1.54, 1.807) is 20.8 Å². The second-order valence-electron chi connectivity index (χ2n) is 21.4. The molecule has 0 bridgehead atoms. The Morgan fingerprint density at radius 2 is 1.24 bits per heavy atom. The van der Waals surface area contributed by atoms with Crippen LogP contribution in [0.25, 0.3) is 10.9 Å². The van der Waals surface area contributed by atoms with E-state index in [-0.39, 0.29) is 44.8 Å². The zero-order valence-electron chi connectivity index (χ0n) is 45.5. The first-order valence-electron chi connectivity index (χ1n) is 26.5. The first kappa shape index (κ1) is 56.5. The molecule has 0 spiro atoms. The number of anilines is 1. The van der Waals surface area contributed by atoms with Gasteiger partial charge in [-0.1, -0.05) is 141 Å². The van der Waals surface area contributed by atoms with E-state index in [2.05, 4.69) is 26.6 Å². The summed E-state index contributed by atoms with van der Waals surface area (Å²) in [5.41, 5.74) is 2.78. The third-order valence-electron chi connectivity index (χ3n) is 14.0. The summed E-state index contributed by atoms with van der Waals surface area (Å²) in [6.07, 6.45) is -0.543. The number of esters is 2. The van der Waals surface area contributed by atoms with Crippen molar-refractivity contribution in [1.29, 1.82) is 0 Å². The summed E-state index contributed by atoms with van der Waals surface area (Å²) in [6, 6.07) is 36.7. The van der Waals surface area contributed by atoms with Gasteiger partial charge < -0.3 is 50.1 Å². The smallest absolute Gasteiger partial charge is 0.412 e. The van der Waals surface area contributed by atoms with Crippen LogP contribution in [-0.2, 0) is 74.5 Å². The van der Waals surface area contributed by atoms with Gasteiger partial charge in [0.1, 0.15) is 60.7 Å². The molecule has 5 aromatic carbocycles. The Morgan fingerprint density at radius 3 is 1.87 bits per heavy atom. The number of fused-ring (bicyclic) bond motifs is 4. The fraction of sp³-hybridized carbons (Fsp3) is 0.361. The van der Waals surface area contributed by atoms with Crippen LogP contribution in [0.3, 0.4) is 0 Å². The molecular weight excluding hydrogens is 1010 g/mol. The van der Waals surface area contributed by atoms with E-state index in [1.807, 2.05) is 164 Å². The van der Waals surface area contributed by atoms with Gasteiger partial charge in [-0.3, -0.25) is 19.3 Å². The zero-order valence-corrected chi connectivity index (χ0v) is 45.5. The number of hydrogen-bond donors (Lipinski definition) is 5. The van der Waals surface area contributed by atoms with Crippen molar-refractivity contribution in [3.63, 3.8) is 0 Å². The van der Waals surface area contributed by atoms with Crippen molar-refractivity contribution in [2.45, 2.75) is 128 Å². The highest BCUT2D eigenvalue weighted by atomic mass is 16.6. The van der Waals surface area contributed by atoms with Crippen molar-refractivity contribution in [3.05, 3.63) is 174 Å². The first-order valence-corrected chi connectivity index (χ1v) is 26.5. The minimum absolute atomic E-state index is 0.0000127. The number of carbonyl (C=O) groups excluding carboxylic acids is 7. The molecule has 3 heterocycles. The topological polar surface area (TPSA) is 225 Å². The quantitative estimate of drug-likeness (QED) is 0.0367. The number of nitrogens with zero attached hydrogens (tertiary/aromatic N) is 2. The molecule has 1 saturated heterocycles. The van der Waals surface area contributed by atoms with E-state index in [1.165, 1.54) is 18.9 Å². The molecule has 2 aliphatic rings. The average molecular weight is 1080 g/mol. The molecular formula is C61H69N7O11. The highest BCUT2D eigenvalue weighted by Gasteiger charge is 2.63. The Hall–Kier alpha value is -8.67. The number of methoxy groups -OCH3 is 1.